The summed E-state index contributed by atoms with van der Waals surface area (Å²) in [6, 6.07) is -0.480. The van der Waals surface area contributed by atoms with Gasteiger partial charge in [0.2, 0.25) is 0 Å². The number of carboxylic acids is 1. The van der Waals surface area contributed by atoms with Crippen molar-refractivity contribution >= 4 is 12.1 Å². The third-order valence-electron chi connectivity index (χ3n) is 3.02. The van der Waals surface area contributed by atoms with Crippen LogP contribution in [-0.2, 0) is 23.7 Å². The van der Waals surface area contributed by atoms with Gasteiger partial charge in [-0.25, -0.2) is 4.79 Å². The third kappa shape index (κ3) is 12.1. The number of alkyl carbamates (subject to hydrolysis) is 1. The quantitative estimate of drug-likeness (QED) is 0.411. The summed E-state index contributed by atoms with van der Waals surface area (Å²) in [5, 5.41) is 11.6. The number of aliphatic carboxylic acids is 1. The molecule has 0 saturated heterocycles. The second-order valence-electron chi connectivity index (χ2n) is 6.32. The van der Waals surface area contributed by atoms with Crippen LogP contribution >= 0.6 is 0 Å². The van der Waals surface area contributed by atoms with Crippen LogP contribution in [0.4, 0.5) is 4.79 Å². The molecule has 1 amide bonds. The molecule has 8 nitrogen and oxygen atoms in total. The predicted molar refractivity (Wildman–Crippen MR) is 87.9 cm³/mol. The van der Waals surface area contributed by atoms with Crippen molar-refractivity contribution in [2.75, 3.05) is 27.1 Å². The fourth-order valence-corrected chi connectivity index (χ4v) is 1.94. The number of ether oxygens (including phenoxy) is 4. The lowest BCUT2D eigenvalue weighted by Crippen LogP contribution is -2.46. The van der Waals surface area contributed by atoms with Crippen LogP contribution < -0.4 is 5.32 Å². The molecule has 0 aliphatic carbocycles. The Morgan fingerprint density at radius 1 is 1.21 bits per heavy atom. The summed E-state index contributed by atoms with van der Waals surface area (Å²) in [5.74, 6) is -0.933. The van der Waals surface area contributed by atoms with Crippen LogP contribution in [0.3, 0.4) is 0 Å². The topological polar surface area (TPSA) is 103 Å². The summed E-state index contributed by atoms with van der Waals surface area (Å²) in [6.07, 6.45) is -0.219. The highest BCUT2D eigenvalue weighted by Crippen LogP contribution is 2.13. The maximum atomic E-state index is 12.0. The number of carbonyl (C=O) groups excluding carboxylic acids is 1. The van der Waals surface area contributed by atoms with Gasteiger partial charge in [0.05, 0.1) is 25.4 Å². The SMILES string of the molecule is CC[C@@H](OCOCCOC)[C@H](CCC(=O)O)NC(=O)OC(C)(C)C. The molecular formula is C16H31NO7. The summed E-state index contributed by atoms with van der Waals surface area (Å²) < 4.78 is 21.0. The minimum atomic E-state index is -0.933. The second-order valence-corrected chi connectivity index (χ2v) is 6.32. The van der Waals surface area contributed by atoms with Crippen molar-refractivity contribution in [3.8, 4) is 0 Å². The number of methoxy groups -OCH3 is 1. The van der Waals surface area contributed by atoms with E-state index in [4.69, 9.17) is 24.1 Å². The zero-order chi connectivity index (χ0) is 18.6. The van der Waals surface area contributed by atoms with Gasteiger partial charge < -0.3 is 29.4 Å². The molecule has 0 rings (SSSR count). The number of hydrogen-bond acceptors (Lipinski definition) is 6. The monoisotopic (exact) mass is 349 g/mol. The van der Waals surface area contributed by atoms with E-state index in [1.165, 1.54) is 0 Å². The van der Waals surface area contributed by atoms with Crippen LogP contribution in [0.15, 0.2) is 0 Å². The largest absolute Gasteiger partial charge is 0.481 e. The summed E-state index contributed by atoms with van der Waals surface area (Å²) in [5.41, 5.74) is -0.632. The average molecular weight is 349 g/mol. The lowest BCUT2D eigenvalue weighted by Gasteiger charge is -2.28. The molecule has 8 heteroatoms. The Morgan fingerprint density at radius 3 is 2.38 bits per heavy atom. The minimum Gasteiger partial charge on any atom is -0.481 e. The van der Waals surface area contributed by atoms with Crippen molar-refractivity contribution in [1.29, 1.82) is 0 Å². The van der Waals surface area contributed by atoms with E-state index in [1.807, 2.05) is 6.92 Å². The first-order chi connectivity index (χ1) is 11.2. The molecule has 0 saturated carbocycles. The van der Waals surface area contributed by atoms with Gasteiger partial charge in [0.1, 0.15) is 12.4 Å². The molecule has 0 bridgehead atoms. The summed E-state index contributed by atoms with van der Waals surface area (Å²) in [4.78, 5) is 22.8. The maximum absolute atomic E-state index is 12.0. The summed E-state index contributed by atoms with van der Waals surface area (Å²) in [6.45, 7) is 8.07. The fourth-order valence-electron chi connectivity index (χ4n) is 1.94. The molecule has 0 aromatic rings. The lowest BCUT2D eigenvalue weighted by molar-refractivity contribution is -0.138. The Bertz CT molecular complexity index is 368. The first-order valence-corrected chi connectivity index (χ1v) is 8.09. The average Bonchev–Trinajstić information content (AvgIpc) is 2.45. The minimum absolute atomic E-state index is 0.0431. The smallest absolute Gasteiger partial charge is 0.407 e. The third-order valence-corrected chi connectivity index (χ3v) is 3.02. The summed E-state index contributed by atoms with van der Waals surface area (Å²) in [7, 11) is 1.58. The van der Waals surface area contributed by atoms with E-state index in [-0.39, 0.29) is 25.7 Å². The molecule has 0 aliphatic heterocycles. The van der Waals surface area contributed by atoms with E-state index in [9.17, 15) is 9.59 Å². The second kappa shape index (κ2) is 12.0. The normalized spacial score (nSPS) is 14.0. The maximum Gasteiger partial charge on any atom is 0.407 e. The van der Waals surface area contributed by atoms with Crippen LogP contribution in [0.2, 0.25) is 0 Å². The van der Waals surface area contributed by atoms with Crippen molar-refractivity contribution < 1.29 is 33.6 Å². The van der Waals surface area contributed by atoms with Crippen molar-refractivity contribution in [1.82, 2.24) is 5.32 Å². The van der Waals surface area contributed by atoms with Gasteiger partial charge in [0, 0.05) is 13.5 Å². The van der Waals surface area contributed by atoms with Gasteiger partial charge in [-0.1, -0.05) is 6.92 Å². The van der Waals surface area contributed by atoms with Crippen LogP contribution in [0, 0.1) is 0 Å². The van der Waals surface area contributed by atoms with Gasteiger partial charge in [-0.2, -0.15) is 0 Å². The van der Waals surface area contributed by atoms with Crippen molar-refractivity contribution in [3.63, 3.8) is 0 Å². The van der Waals surface area contributed by atoms with Gasteiger partial charge in [-0.15, -0.1) is 0 Å². The molecule has 0 aliphatic rings. The highest BCUT2D eigenvalue weighted by molar-refractivity contribution is 5.69. The zero-order valence-corrected chi connectivity index (χ0v) is 15.3. The fraction of sp³-hybridized carbons (Fsp3) is 0.875. The van der Waals surface area contributed by atoms with Crippen LogP contribution in [0.1, 0.15) is 47.0 Å². The predicted octanol–water partition coefficient (Wildman–Crippen LogP) is 2.16. The Balaban J connectivity index is 4.62. The summed E-state index contributed by atoms with van der Waals surface area (Å²) >= 11 is 0. The van der Waals surface area contributed by atoms with Gasteiger partial charge >= 0.3 is 12.1 Å². The number of hydrogen-bond donors (Lipinski definition) is 2. The molecule has 0 spiro atoms. The Hall–Kier alpha value is -1.38. The first kappa shape index (κ1) is 22.6. The number of carbonyl (C=O) groups is 2. The van der Waals surface area contributed by atoms with Gasteiger partial charge in [0.25, 0.3) is 0 Å². The van der Waals surface area contributed by atoms with E-state index in [0.717, 1.165) is 0 Å². The van der Waals surface area contributed by atoms with Crippen molar-refractivity contribution in [2.24, 2.45) is 0 Å². The van der Waals surface area contributed by atoms with Crippen LogP contribution in [-0.4, -0.2) is 62.0 Å². The van der Waals surface area contributed by atoms with Gasteiger partial charge in [-0.05, 0) is 33.6 Å². The first-order valence-electron chi connectivity index (χ1n) is 8.09. The Labute approximate surface area is 143 Å². The molecule has 24 heavy (non-hydrogen) atoms. The number of carboxylic acid groups (broad SMARTS) is 1. The highest BCUT2D eigenvalue weighted by Gasteiger charge is 2.26. The molecule has 0 aromatic carbocycles. The van der Waals surface area contributed by atoms with Crippen LogP contribution in [0.25, 0.3) is 0 Å². The molecular weight excluding hydrogens is 318 g/mol. The van der Waals surface area contributed by atoms with Gasteiger partial charge in [-0.3, -0.25) is 4.79 Å². The molecule has 2 atom stereocenters. The molecule has 2 N–H and O–H groups in total. The van der Waals surface area contributed by atoms with E-state index >= 15 is 0 Å². The molecule has 0 aromatic heterocycles. The number of nitrogens with one attached hydrogen (secondary N) is 1. The van der Waals surface area contributed by atoms with Crippen molar-refractivity contribution in [2.45, 2.75) is 64.7 Å². The Kier molecular flexibility index (Phi) is 11.4. The Morgan fingerprint density at radius 2 is 1.88 bits per heavy atom. The number of amides is 1. The van der Waals surface area contributed by atoms with E-state index in [2.05, 4.69) is 5.32 Å². The van der Waals surface area contributed by atoms with E-state index < -0.39 is 23.7 Å². The van der Waals surface area contributed by atoms with E-state index in [1.54, 1.807) is 27.9 Å². The molecule has 0 radical (unpaired) electrons. The molecule has 142 valence electrons. The van der Waals surface area contributed by atoms with Crippen LogP contribution in [0.5, 0.6) is 0 Å². The van der Waals surface area contributed by atoms with Gasteiger partial charge in [0.15, 0.2) is 0 Å². The number of rotatable bonds is 12. The zero-order valence-electron chi connectivity index (χ0n) is 15.3. The highest BCUT2D eigenvalue weighted by atomic mass is 16.7. The molecule has 0 heterocycles. The standard InChI is InChI=1S/C16H31NO7/c1-6-13(23-11-22-10-9-21-5)12(7-8-14(18)19)17-15(20)24-16(2,3)4/h12-13H,6-11H2,1-5H3,(H,17,20)(H,18,19)/t12-,13+/m0/s1. The molecule has 0 unspecified atom stereocenters. The van der Waals surface area contributed by atoms with Crippen molar-refractivity contribution in [3.05, 3.63) is 0 Å². The molecule has 0 fully saturated rings. The van der Waals surface area contributed by atoms with E-state index in [0.29, 0.717) is 19.6 Å². The lowest BCUT2D eigenvalue weighted by atomic mass is 10.0.